The van der Waals surface area contributed by atoms with Crippen molar-refractivity contribution in [2.24, 2.45) is 17.8 Å². The van der Waals surface area contributed by atoms with Gasteiger partial charge in [0.05, 0.1) is 5.92 Å². The smallest absolute Gasteiger partial charge is 0.308 e. The first kappa shape index (κ1) is 10.9. The Morgan fingerprint density at radius 3 is 2.67 bits per heavy atom. The van der Waals surface area contributed by atoms with E-state index < -0.39 is 5.97 Å². The summed E-state index contributed by atoms with van der Waals surface area (Å²) in [6.07, 6.45) is 4.58. The number of nitrogens with zero attached hydrogens (tertiary/aromatic N) is 1. The molecule has 1 heterocycles. The van der Waals surface area contributed by atoms with Gasteiger partial charge in [0.1, 0.15) is 0 Å². The molecule has 1 saturated heterocycles. The van der Waals surface area contributed by atoms with Gasteiger partial charge in [-0.15, -0.1) is 0 Å². The second-order valence-electron chi connectivity index (χ2n) is 5.47. The van der Waals surface area contributed by atoms with Crippen molar-refractivity contribution in [1.82, 2.24) is 4.90 Å². The molecule has 2 fully saturated rings. The van der Waals surface area contributed by atoms with Gasteiger partial charge < -0.3 is 10.0 Å². The first-order valence-electron chi connectivity index (χ1n) is 6.01. The molecule has 1 saturated carbocycles. The van der Waals surface area contributed by atoms with Crippen molar-refractivity contribution in [2.75, 3.05) is 13.6 Å². The Kier molecular flexibility index (Phi) is 3.01. The molecule has 0 aromatic rings. The Balaban J connectivity index is 2.03. The summed E-state index contributed by atoms with van der Waals surface area (Å²) in [5, 5.41) is 9.25. The third kappa shape index (κ3) is 2.51. The summed E-state index contributed by atoms with van der Waals surface area (Å²) in [4.78, 5) is 13.5. The highest BCUT2D eigenvalue weighted by Crippen LogP contribution is 2.39. The van der Waals surface area contributed by atoms with E-state index in [-0.39, 0.29) is 12.0 Å². The molecule has 1 aliphatic heterocycles. The topological polar surface area (TPSA) is 40.5 Å². The van der Waals surface area contributed by atoms with Crippen LogP contribution in [0.4, 0.5) is 0 Å². The van der Waals surface area contributed by atoms with Crippen molar-refractivity contribution in [1.29, 1.82) is 0 Å². The number of hydrogen-bond donors (Lipinski definition) is 1. The van der Waals surface area contributed by atoms with Crippen LogP contribution in [0.3, 0.4) is 0 Å². The van der Waals surface area contributed by atoms with Gasteiger partial charge in [0, 0.05) is 12.6 Å². The van der Waals surface area contributed by atoms with E-state index in [1.807, 2.05) is 0 Å². The summed E-state index contributed by atoms with van der Waals surface area (Å²) >= 11 is 0. The molecular weight excluding hydrogens is 190 g/mol. The molecule has 0 radical (unpaired) electrons. The van der Waals surface area contributed by atoms with E-state index in [1.165, 1.54) is 12.8 Å². The maximum Gasteiger partial charge on any atom is 0.308 e. The predicted molar refractivity (Wildman–Crippen MR) is 58.7 cm³/mol. The van der Waals surface area contributed by atoms with Gasteiger partial charge >= 0.3 is 5.97 Å². The number of likely N-dealkylation sites (tertiary alicyclic amines) is 1. The molecule has 15 heavy (non-hydrogen) atoms. The summed E-state index contributed by atoms with van der Waals surface area (Å²) in [6, 6.07) is 0.284. The Bertz CT molecular complexity index is 250. The minimum absolute atomic E-state index is 0.139. The zero-order valence-corrected chi connectivity index (χ0v) is 9.65. The van der Waals surface area contributed by atoms with Crippen LogP contribution in [0.1, 0.15) is 32.6 Å². The number of aliphatic carboxylic acids is 1. The van der Waals surface area contributed by atoms with Crippen LogP contribution in [-0.4, -0.2) is 35.6 Å². The number of piperidine rings is 1. The van der Waals surface area contributed by atoms with E-state index in [0.29, 0.717) is 5.92 Å². The zero-order chi connectivity index (χ0) is 11.0. The normalized spacial score (nSPS) is 37.9. The van der Waals surface area contributed by atoms with Crippen LogP contribution in [0.5, 0.6) is 0 Å². The average Bonchev–Trinajstić information content (AvgIpc) is 2.92. The second-order valence-corrected chi connectivity index (χ2v) is 5.47. The number of rotatable bonds is 3. The summed E-state index contributed by atoms with van der Waals surface area (Å²) in [6.45, 7) is 3.21. The fraction of sp³-hybridized carbons (Fsp3) is 0.917. The average molecular weight is 211 g/mol. The lowest BCUT2D eigenvalue weighted by Crippen LogP contribution is -2.48. The number of carboxylic acids is 1. The van der Waals surface area contributed by atoms with Crippen LogP contribution in [0, 0.1) is 17.8 Å². The van der Waals surface area contributed by atoms with Crippen molar-refractivity contribution in [3.05, 3.63) is 0 Å². The van der Waals surface area contributed by atoms with E-state index in [1.54, 1.807) is 0 Å². The molecule has 0 bridgehead atoms. The molecule has 2 aliphatic rings. The third-order valence-corrected chi connectivity index (χ3v) is 3.88. The molecule has 86 valence electrons. The standard InChI is InChI=1S/C12H21NO2/c1-8-5-10(12(14)15)11(13(2)7-8)6-9-3-4-9/h8-11H,3-7H2,1-2H3,(H,14,15). The molecule has 0 aromatic carbocycles. The molecule has 1 N–H and O–H groups in total. The maximum absolute atomic E-state index is 11.2. The fourth-order valence-corrected chi connectivity index (χ4v) is 2.90. The van der Waals surface area contributed by atoms with Crippen LogP contribution >= 0.6 is 0 Å². The van der Waals surface area contributed by atoms with Crippen LogP contribution in [0.2, 0.25) is 0 Å². The van der Waals surface area contributed by atoms with Gasteiger partial charge in [-0.1, -0.05) is 19.8 Å². The van der Waals surface area contributed by atoms with E-state index >= 15 is 0 Å². The van der Waals surface area contributed by atoms with E-state index in [2.05, 4.69) is 18.9 Å². The van der Waals surface area contributed by atoms with Crippen molar-refractivity contribution >= 4 is 5.97 Å². The Hall–Kier alpha value is -0.570. The van der Waals surface area contributed by atoms with Crippen molar-refractivity contribution in [3.8, 4) is 0 Å². The predicted octanol–water partition coefficient (Wildman–Crippen LogP) is 1.83. The largest absolute Gasteiger partial charge is 0.481 e. The maximum atomic E-state index is 11.2. The molecule has 1 aliphatic carbocycles. The quantitative estimate of drug-likeness (QED) is 0.774. The molecule has 0 spiro atoms. The molecule has 3 heteroatoms. The second kappa shape index (κ2) is 4.12. The van der Waals surface area contributed by atoms with Gasteiger partial charge in [-0.05, 0) is 31.7 Å². The summed E-state index contributed by atoms with van der Waals surface area (Å²) in [5.74, 6) is 0.595. The SMILES string of the molecule is CC1CC(C(=O)O)C(CC2CC2)N(C)C1. The Morgan fingerprint density at radius 1 is 1.47 bits per heavy atom. The first-order chi connectivity index (χ1) is 7.08. The lowest BCUT2D eigenvalue weighted by Gasteiger charge is -2.40. The highest BCUT2D eigenvalue weighted by Gasteiger charge is 2.39. The van der Waals surface area contributed by atoms with E-state index in [4.69, 9.17) is 0 Å². The lowest BCUT2D eigenvalue weighted by atomic mass is 9.82. The molecular formula is C12H21NO2. The molecule has 3 unspecified atom stereocenters. The van der Waals surface area contributed by atoms with Crippen LogP contribution in [0.25, 0.3) is 0 Å². The number of carboxylic acid groups (broad SMARTS) is 1. The third-order valence-electron chi connectivity index (χ3n) is 3.88. The van der Waals surface area contributed by atoms with Crippen LogP contribution < -0.4 is 0 Å². The van der Waals surface area contributed by atoms with E-state index in [9.17, 15) is 9.90 Å². The monoisotopic (exact) mass is 211 g/mol. The summed E-state index contributed by atoms with van der Waals surface area (Å²) in [5.41, 5.74) is 0. The van der Waals surface area contributed by atoms with Crippen LogP contribution in [0.15, 0.2) is 0 Å². The highest BCUT2D eigenvalue weighted by molar-refractivity contribution is 5.71. The van der Waals surface area contributed by atoms with Crippen LogP contribution in [-0.2, 0) is 4.79 Å². The van der Waals surface area contributed by atoms with Gasteiger partial charge in [0.15, 0.2) is 0 Å². The minimum atomic E-state index is -0.598. The Morgan fingerprint density at radius 2 is 2.13 bits per heavy atom. The highest BCUT2D eigenvalue weighted by atomic mass is 16.4. The van der Waals surface area contributed by atoms with Gasteiger partial charge in [0.2, 0.25) is 0 Å². The molecule has 2 rings (SSSR count). The van der Waals surface area contributed by atoms with Crippen molar-refractivity contribution in [3.63, 3.8) is 0 Å². The van der Waals surface area contributed by atoms with Gasteiger partial charge in [-0.3, -0.25) is 4.79 Å². The van der Waals surface area contributed by atoms with Gasteiger partial charge in [-0.2, -0.15) is 0 Å². The Labute approximate surface area is 91.5 Å². The van der Waals surface area contributed by atoms with Crippen molar-refractivity contribution < 1.29 is 9.90 Å². The number of hydrogen-bond acceptors (Lipinski definition) is 2. The number of carbonyl (C=O) groups is 1. The minimum Gasteiger partial charge on any atom is -0.481 e. The summed E-state index contributed by atoms with van der Waals surface area (Å²) in [7, 11) is 2.08. The fourth-order valence-electron chi connectivity index (χ4n) is 2.90. The lowest BCUT2D eigenvalue weighted by molar-refractivity contribution is -0.147. The molecule has 0 aromatic heterocycles. The molecule has 0 amide bonds. The molecule has 3 atom stereocenters. The van der Waals surface area contributed by atoms with Gasteiger partial charge in [0.25, 0.3) is 0 Å². The zero-order valence-electron chi connectivity index (χ0n) is 9.65. The van der Waals surface area contributed by atoms with E-state index in [0.717, 1.165) is 25.3 Å². The first-order valence-corrected chi connectivity index (χ1v) is 6.01. The summed E-state index contributed by atoms with van der Waals surface area (Å²) < 4.78 is 0. The molecule has 3 nitrogen and oxygen atoms in total. The van der Waals surface area contributed by atoms with Crippen molar-refractivity contribution in [2.45, 2.75) is 38.6 Å². The van der Waals surface area contributed by atoms with Gasteiger partial charge in [-0.25, -0.2) is 0 Å².